The summed E-state index contributed by atoms with van der Waals surface area (Å²) in [5.74, 6) is -0.155. The van der Waals surface area contributed by atoms with Gasteiger partial charge in [-0.2, -0.15) is 0 Å². The van der Waals surface area contributed by atoms with Gasteiger partial charge in [-0.1, -0.05) is 42.5 Å². The minimum Gasteiger partial charge on any atom is -0.336 e. The van der Waals surface area contributed by atoms with Crippen LogP contribution < -0.4 is 15.5 Å². The molecule has 3 amide bonds. The highest BCUT2D eigenvalue weighted by Crippen LogP contribution is 2.23. The van der Waals surface area contributed by atoms with Crippen molar-refractivity contribution in [2.75, 3.05) is 49.5 Å². The van der Waals surface area contributed by atoms with Gasteiger partial charge in [0.05, 0.1) is 0 Å². The van der Waals surface area contributed by atoms with E-state index in [1.54, 1.807) is 11.0 Å². The number of anilines is 2. The Balaban J connectivity index is 1.11. The van der Waals surface area contributed by atoms with E-state index in [9.17, 15) is 9.59 Å². The zero-order valence-corrected chi connectivity index (χ0v) is 20.7. The third kappa shape index (κ3) is 5.75. The number of rotatable bonds is 7. The summed E-state index contributed by atoms with van der Waals surface area (Å²) in [4.78, 5) is 31.5. The minimum atomic E-state index is -0.155. The summed E-state index contributed by atoms with van der Waals surface area (Å²) >= 11 is 0. The molecule has 3 aromatic rings. The molecular weight excluding hydrogens is 450 g/mol. The van der Waals surface area contributed by atoms with E-state index in [-0.39, 0.29) is 11.9 Å². The zero-order chi connectivity index (χ0) is 24.9. The summed E-state index contributed by atoms with van der Waals surface area (Å²) in [6.07, 6.45) is 0. The second kappa shape index (κ2) is 10.9. The number of nitrogens with one attached hydrogen (secondary N) is 2. The molecule has 0 unspecified atom stereocenters. The molecule has 7 heteroatoms. The van der Waals surface area contributed by atoms with Crippen LogP contribution in [0.15, 0.2) is 72.8 Å². The molecule has 186 valence electrons. The average Bonchev–Trinajstić information content (AvgIpc) is 3.32. The van der Waals surface area contributed by atoms with Crippen LogP contribution in [0.25, 0.3) is 0 Å². The summed E-state index contributed by atoms with van der Waals surface area (Å²) in [6.45, 7) is 9.39. The molecule has 0 atom stereocenters. The topological polar surface area (TPSA) is 67.9 Å². The fourth-order valence-corrected chi connectivity index (χ4v) is 4.90. The largest absolute Gasteiger partial charge is 0.336 e. The Labute approximate surface area is 212 Å². The Kier molecular flexibility index (Phi) is 7.30. The molecule has 2 saturated heterocycles. The normalized spacial score (nSPS) is 16.7. The highest BCUT2D eigenvalue weighted by Gasteiger charge is 2.23. The average molecular weight is 484 g/mol. The van der Waals surface area contributed by atoms with Crippen molar-refractivity contribution in [1.82, 2.24) is 15.1 Å². The van der Waals surface area contributed by atoms with Gasteiger partial charge in [-0.25, -0.2) is 4.79 Å². The molecule has 0 saturated carbocycles. The number of carbonyl (C=O) groups is 2. The first-order valence-corrected chi connectivity index (χ1v) is 12.6. The van der Waals surface area contributed by atoms with Crippen molar-refractivity contribution in [3.63, 3.8) is 0 Å². The highest BCUT2D eigenvalue weighted by molar-refractivity contribution is 6.05. The molecule has 0 aliphatic carbocycles. The first kappa shape index (κ1) is 24.0. The molecule has 2 N–H and O–H groups in total. The van der Waals surface area contributed by atoms with Crippen LogP contribution >= 0.6 is 0 Å². The predicted molar refractivity (Wildman–Crippen MR) is 143 cm³/mol. The van der Waals surface area contributed by atoms with Crippen LogP contribution in [0.1, 0.15) is 27.0 Å². The van der Waals surface area contributed by atoms with Gasteiger partial charge in [0, 0.05) is 69.3 Å². The molecule has 3 aromatic carbocycles. The SMILES string of the molecule is Cc1cc(C(=O)Nc2ccc(CN3CCN(Cc4ccccc4)CC3)cc2)ccc1N1CCNC1=O. The molecule has 2 aliphatic heterocycles. The van der Waals surface area contributed by atoms with Gasteiger partial charge in [-0.05, 0) is 53.9 Å². The van der Waals surface area contributed by atoms with Crippen molar-refractivity contribution < 1.29 is 9.59 Å². The van der Waals surface area contributed by atoms with Gasteiger partial charge in [0.25, 0.3) is 5.91 Å². The van der Waals surface area contributed by atoms with Crippen molar-refractivity contribution in [2.24, 2.45) is 0 Å². The molecule has 2 aliphatic rings. The van der Waals surface area contributed by atoms with Gasteiger partial charge in [0.1, 0.15) is 0 Å². The summed E-state index contributed by atoms with van der Waals surface area (Å²) in [5.41, 5.74) is 5.71. The van der Waals surface area contributed by atoms with Crippen LogP contribution in [0.2, 0.25) is 0 Å². The van der Waals surface area contributed by atoms with E-state index in [4.69, 9.17) is 0 Å². The third-order valence-electron chi connectivity index (χ3n) is 6.94. The van der Waals surface area contributed by atoms with Gasteiger partial charge in [0.15, 0.2) is 0 Å². The zero-order valence-electron chi connectivity index (χ0n) is 20.7. The smallest absolute Gasteiger partial charge is 0.322 e. The lowest BCUT2D eigenvalue weighted by Gasteiger charge is -2.34. The summed E-state index contributed by atoms with van der Waals surface area (Å²) in [6, 6.07) is 24.1. The standard InChI is InChI=1S/C29H33N5O2/c1-22-19-25(9-12-27(22)34-14-13-30-29(34)36)28(35)31-26-10-7-24(8-11-26)21-33-17-15-32(16-18-33)20-23-5-3-2-4-6-23/h2-12,19H,13-18,20-21H2,1H3,(H,30,36)(H,31,35). The van der Waals surface area contributed by atoms with E-state index in [1.165, 1.54) is 11.1 Å². The van der Waals surface area contributed by atoms with Crippen LogP contribution in [-0.2, 0) is 13.1 Å². The van der Waals surface area contributed by atoms with E-state index in [1.807, 2.05) is 31.2 Å². The fourth-order valence-electron chi connectivity index (χ4n) is 4.90. The predicted octanol–water partition coefficient (Wildman–Crippen LogP) is 4.09. The van der Waals surface area contributed by atoms with Gasteiger partial charge >= 0.3 is 6.03 Å². The fraction of sp³-hybridized carbons (Fsp3) is 0.310. The van der Waals surface area contributed by atoms with E-state index in [0.29, 0.717) is 18.7 Å². The van der Waals surface area contributed by atoms with Crippen molar-refractivity contribution in [3.8, 4) is 0 Å². The number of amides is 3. The van der Waals surface area contributed by atoms with Crippen molar-refractivity contribution >= 4 is 23.3 Å². The molecule has 5 rings (SSSR count). The second-order valence-corrected chi connectivity index (χ2v) is 9.57. The number of hydrogen-bond donors (Lipinski definition) is 2. The molecule has 2 fully saturated rings. The van der Waals surface area contributed by atoms with Crippen molar-refractivity contribution in [1.29, 1.82) is 0 Å². The van der Waals surface area contributed by atoms with E-state index in [0.717, 1.165) is 56.2 Å². The Morgan fingerprint density at radius 1 is 0.833 bits per heavy atom. The van der Waals surface area contributed by atoms with E-state index < -0.39 is 0 Å². The van der Waals surface area contributed by atoms with Crippen LogP contribution in [0.5, 0.6) is 0 Å². The second-order valence-electron chi connectivity index (χ2n) is 9.57. The lowest BCUT2D eigenvalue weighted by atomic mass is 10.1. The van der Waals surface area contributed by atoms with E-state index in [2.05, 4.69) is 62.9 Å². The summed E-state index contributed by atoms with van der Waals surface area (Å²) in [5, 5.41) is 5.80. The Bertz CT molecular complexity index is 1200. The monoisotopic (exact) mass is 483 g/mol. The number of aryl methyl sites for hydroxylation is 1. The van der Waals surface area contributed by atoms with Crippen molar-refractivity contribution in [3.05, 3.63) is 95.1 Å². The highest BCUT2D eigenvalue weighted by atomic mass is 16.2. The van der Waals surface area contributed by atoms with Gasteiger partial charge < -0.3 is 10.6 Å². The molecule has 36 heavy (non-hydrogen) atoms. The molecular formula is C29H33N5O2. The third-order valence-corrected chi connectivity index (χ3v) is 6.94. The minimum absolute atomic E-state index is 0.0931. The maximum absolute atomic E-state index is 12.8. The summed E-state index contributed by atoms with van der Waals surface area (Å²) in [7, 11) is 0. The number of piperazine rings is 1. The van der Waals surface area contributed by atoms with Crippen LogP contribution in [0.3, 0.4) is 0 Å². The maximum Gasteiger partial charge on any atom is 0.322 e. The quantitative estimate of drug-likeness (QED) is 0.531. The van der Waals surface area contributed by atoms with Crippen LogP contribution in [-0.4, -0.2) is 61.0 Å². The number of urea groups is 1. The Morgan fingerprint density at radius 2 is 1.47 bits per heavy atom. The first-order valence-electron chi connectivity index (χ1n) is 12.6. The van der Waals surface area contributed by atoms with Gasteiger partial charge in [0.2, 0.25) is 0 Å². The van der Waals surface area contributed by atoms with Crippen LogP contribution in [0.4, 0.5) is 16.2 Å². The number of carbonyl (C=O) groups excluding carboxylic acids is 2. The molecule has 0 radical (unpaired) electrons. The Morgan fingerprint density at radius 3 is 2.06 bits per heavy atom. The molecule has 0 spiro atoms. The number of benzene rings is 3. The summed E-state index contributed by atoms with van der Waals surface area (Å²) < 4.78 is 0. The van der Waals surface area contributed by atoms with Crippen LogP contribution in [0, 0.1) is 6.92 Å². The molecule has 0 aromatic heterocycles. The maximum atomic E-state index is 12.8. The van der Waals surface area contributed by atoms with Crippen molar-refractivity contribution in [2.45, 2.75) is 20.0 Å². The van der Waals surface area contributed by atoms with Gasteiger partial charge in [-0.15, -0.1) is 0 Å². The van der Waals surface area contributed by atoms with Gasteiger partial charge in [-0.3, -0.25) is 19.5 Å². The lowest BCUT2D eigenvalue weighted by molar-refractivity contribution is 0.102. The Hall–Kier alpha value is -3.68. The lowest BCUT2D eigenvalue weighted by Crippen LogP contribution is -2.45. The number of nitrogens with zero attached hydrogens (tertiary/aromatic N) is 3. The molecule has 7 nitrogen and oxygen atoms in total. The van der Waals surface area contributed by atoms with E-state index >= 15 is 0 Å². The molecule has 0 bridgehead atoms. The first-order chi connectivity index (χ1) is 17.5. The molecule has 2 heterocycles. The number of hydrogen-bond acceptors (Lipinski definition) is 4.